The zero-order valence-electron chi connectivity index (χ0n) is 14.9. The minimum atomic E-state index is 0.767. The highest BCUT2D eigenvalue weighted by molar-refractivity contribution is 6.30. The monoisotopic (exact) mass is 373 g/mol. The van der Waals surface area contributed by atoms with E-state index in [0.717, 1.165) is 75.7 Å². The number of hydrogen-bond donors (Lipinski definition) is 0. The van der Waals surface area contributed by atoms with E-state index in [9.17, 15) is 0 Å². The Labute approximate surface area is 159 Å². The van der Waals surface area contributed by atoms with Gasteiger partial charge >= 0.3 is 0 Å². The number of halogens is 1. The molecule has 4 rings (SSSR count). The van der Waals surface area contributed by atoms with Gasteiger partial charge in [-0.1, -0.05) is 23.7 Å². The summed E-state index contributed by atoms with van der Waals surface area (Å²) in [6, 6.07) is 10.2. The van der Waals surface area contributed by atoms with Crippen LogP contribution in [0.3, 0.4) is 0 Å². The van der Waals surface area contributed by atoms with Crippen LogP contribution in [0.15, 0.2) is 36.7 Å². The lowest BCUT2D eigenvalue weighted by Crippen LogP contribution is -2.46. The van der Waals surface area contributed by atoms with E-state index in [0.29, 0.717) is 0 Å². The number of aromatic nitrogens is 2. The molecule has 0 radical (unpaired) electrons. The largest absolute Gasteiger partial charge is 0.378 e. The van der Waals surface area contributed by atoms with Crippen molar-refractivity contribution in [3.8, 4) is 0 Å². The van der Waals surface area contributed by atoms with Crippen LogP contribution in [0.25, 0.3) is 0 Å². The standard InChI is InChI=1S/C19H24ClN5O/c20-17-3-1-16(2-4-17)14-23-5-7-24(8-6-23)18-13-19(22-15-21-18)25-9-11-26-12-10-25/h1-4,13,15H,5-12,14H2. The van der Waals surface area contributed by atoms with Crippen LogP contribution in [-0.2, 0) is 11.3 Å². The Balaban J connectivity index is 1.35. The molecule has 2 fully saturated rings. The minimum Gasteiger partial charge on any atom is -0.378 e. The van der Waals surface area contributed by atoms with E-state index in [-0.39, 0.29) is 0 Å². The minimum absolute atomic E-state index is 0.767. The van der Waals surface area contributed by atoms with Gasteiger partial charge in [-0.2, -0.15) is 0 Å². The predicted molar refractivity (Wildman–Crippen MR) is 104 cm³/mol. The molecule has 0 saturated carbocycles. The Morgan fingerprint density at radius 3 is 2.12 bits per heavy atom. The topological polar surface area (TPSA) is 44.7 Å². The van der Waals surface area contributed by atoms with Crippen molar-refractivity contribution in [3.05, 3.63) is 47.2 Å². The zero-order valence-corrected chi connectivity index (χ0v) is 15.6. The molecular weight excluding hydrogens is 350 g/mol. The SMILES string of the molecule is Clc1ccc(CN2CCN(c3cc(N4CCOCC4)ncn3)CC2)cc1. The second kappa shape index (κ2) is 8.20. The van der Waals surface area contributed by atoms with Crippen LogP contribution in [0.5, 0.6) is 0 Å². The molecule has 2 aliphatic heterocycles. The molecule has 138 valence electrons. The molecule has 0 aliphatic carbocycles. The van der Waals surface area contributed by atoms with Crippen LogP contribution < -0.4 is 9.80 Å². The number of piperazine rings is 1. The van der Waals surface area contributed by atoms with E-state index in [2.05, 4.69) is 42.9 Å². The summed E-state index contributed by atoms with van der Waals surface area (Å²) in [4.78, 5) is 16.0. The summed E-state index contributed by atoms with van der Waals surface area (Å²) in [7, 11) is 0. The Morgan fingerprint density at radius 2 is 1.46 bits per heavy atom. The van der Waals surface area contributed by atoms with Crippen LogP contribution >= 0.6 is 11.6 Å². The Morgan fingerprint density at radius 1 is 0.846 bits per heavy atom. The van der Waals surface area contributed by atoms with E-state index in [1.807, 2.05) is 12.1 Å². The van der Waals surface area contributed by atoms with Crippen molar-refractivity contribution in [1.29, 1.82) is 0 Å². The number of anilines is 2. The van der Waals surface area contributed by atoms with Gasteiger partial charge in [0.15, 0.2) is 0 Å². The lowest BCUT2D eigenvalue weighted by atomic mass is 10.2. The van der Waals surface area contributed by atoms with Gasteiger partial charge in [0.2, 0.25) is 0 Å². The van der Waals surface area contributed by atoms with Gasteiger partial charge < -0.3 is 14.5 Å². The predicted octanol–water partition coefficient (Wildman–Crippen LogP) is 2.29. The third-order valence-corrected chi connectivity index (χ3v) is 5.24. The molecule has 6 nitrogen and oxygen atoms in total. The molecule has 0 unspecified atom stereocenters. The molecule has 0 amide bonds. The summed E-state index contributed by atoms with van der Waals surface area (Å²) in [5.74, 6) is 2.02. The van der Waals surface area contributed by atoms with Gasteiger partial charge in [-0.3, -0.25) is 4.90 Å². The third-order valence-electron chi connectivity index (χ3n) is 4.99. The molecule has 1 aromatic carbocycles. The molecule has 2 saturated heterocycles. The molecule has 3 heterocycles. The molecule has 7 heteroatoms. The van der Waals surface area contributed by atoms with Crippen LogP contribution in [0.4, 0.5) is 11.6 Å². The van der Waals surface area contributed by atoms with Gasteiger partial charge in [0.05, 0.1) is 13.2 Å². The fourth-order valence-corrected chi connectivity index (χ4v) is 3.58. The fourth-order valence-electron chi connectivity index (χ4n) is 3.46. The van der Waals surface area contributed by atoms with Gasteiger partial charge in [-0.05, 0) is 17.7 Å². The fraction of sp³-hybridized carbons (Fsp3) is 0.474. The Bertz CT molecular complexity index is 712. The highest BCUT2D eigenvalue weighted by Gasteiger charge is 2.20. The van der Waals surface area contributed by atoms with Gasteiger partial charge in [-0.15, -0.1) is 0 Å². The lowest BCUT2D eigenvalue weighted by Gasteiger charge is -2.36. The van der Waals surface area contributed by atoms with Crippen molar-refractivity contribution >= 4 is 23.2 Å². The van der Waals surface area contributed by atoms with Crippen LogP contribution in [-0.4, -0.2) is 67.4 Å². The van der Waals surface area contributed by atoms with Crippen LogP contribution in [0.1, 0.15) is 5.56 Å². The first-order valence-electron chi connectivity index (χ1n) is 9.14. The maximum absolute atomic E-state index is 5.97. The second-order valence-corrected chi connectivity index (χ2v) is 7.16. The van der Waals surface area contributed by atoms with E-state index in [1.54, 1.807) is 6.33 Å². The van der Waals surface area contributed by atoms with Crippen molar-refractivity contribution in [1.82, 2.24) is 14.9 Å². The summed E-state index contributed by atoms with van der Waals surface area (Å²) >= 11 is 5.97. The van der Waals surface area contributed by atoms with E-state index >= 15 is 0 Å². The molecule has 0 atom stereocenters. The smallest absolute Gasteiger partial charge is 0.134 e. The third kappa shape index (κ3) is 4.26. The maximum atomic E-state index is 5.97. The van der Waals surface area contributed by atoms with Crippen molar-refractivity contribution in [2.75, 3.05) is 62.3 Å². The van der Waals surface area contributed by atoms with E-state index < -0.39 is 0 Å². The summed E-state index contributed by atoms with van der Waals surface area (Å²) in [6.45, 7) is 8.30. The normalized spacial score (nSPS) is 19.0. The average Bonchev–Trinajstić information content (AvgIpc) is 2.71. The van der Waals surface area contributed by atoms with Crippen molar-refractivity contribution < 1.29 is 4.74 Å². The number of hydrogen-bond acceptors (Lipinski definition) is 6. The van der Waals surface area contributed by atoms with Crippen LogP contribution in [0, 0.1) is 0 Å². The van der Waals surface area contributed by atoms with Gasteiger partial charge in [0.25, 0.3) is 0 Å². The number of rotatable bonds is 4. The Kier molecular flexibility index (Phi) is 5.53. The summed E-state index contributed by atoms with van der Waals surface area (Å²) < 4.78 is 5.43. The molecule has 0 N–H and O–H groups in total. The quantitative estimate of drug-likeness (QED) is 0.819. The van der Waals surface area contributed by atoms with Gasteiger partial charge in [0, 0.05) is 56.9 Å². The summed E-state index contributed by atoms with van der Waals surface area (Å²) in [5.41, 5.74) is 1.31. The highest BCUT2D eigenvalue weighted by atomic mass is 35.5. The average molecular weight is 374 g/mol. The van der Waals surface area contributed by atoms with Gasteiger partial charge in [-0.25, -0.2) is 9.97 Å². The maximum Gasteiger partial charge on any atom is 0.134 e. The first-order chi connectivity index (χ1) is 12.8. The molecule has 0 bridgehead atoms. The number of morpholine rings is 1. The van der Waals surface area contributed by atoms with Gasteiger partial charge in [0.1, 0.15) is 18.0 Å². The number of benzene rings is 1. The zero-order chi connectivity index (χ0) is 17.8. The van der Waals surface area contributed by atoms with E-state index in [1.165, 1.54) is 5.56 Å². The highest BCUT2D eigenvalue weighted by Crippen LogP contribution is 2.20. The number of nitrogens with zero attached hydrogens (tertiary/aromatic N) is 5. The molecule has 1 aromatic heterocycles. The summed E-state index contributed by atoms with van der Waals surface area (Å²) in [5, 5.41) is 0.790. The van der Waals surface area contributed by atoms with Crippen LogP contribution in [0.2, 0.25) is 5.02 Å². The lowest BCUT2D eigenvalue weighted by molar-refractivity contribution is 0.122. The van der Waals surface area contributed by atoms with Crippen molar-refractivity contribution in [2.45, 2.75) is 6.54 Å². The van der Waals surface area contributed by atoms with Crippen molar-refractivity contribution in [3.63, 3.8) is 0 Å². The van der Waals surface area contributed by atoms with Crippen molar-refractivity contribution in [2.24, 2.45) is 0 Å². The second-order valence-electron chi connectivity index (χ2n) is 6.72. The first-order valence-corrected chi connectivity index (χ1v) is 9.52. The number of ether oxygens (including phenoxy) is 1. The molecule has 0 spiro atoms. The molecule has 2 aliphatic rings. The first kappa shape index (κ1) is 17.5. The van der Waals surface area contributed by atoms with E-state index in [4.69, 9.17) is 16.3 Å². The summed E-state index contributed by atoms with van der Waals surface area (Å²) in [6.07, 6.45) is 1.68. The molecule has 26 heavy (non-hydrogen) atoms. The molecule has 2 aromatic rings. The Hall–Kier alpha value is -1.89. The molecular formula is C19H24ClN5O.